The predicted octanol–water partition coefficient (Wildman–Crippen LogP) is 2.19. The monoisotopic (exact) mass is 382 g/mol. The number of methoxy groups -OCH3 is 1. The van der Waals surface area contributed by atoms with Gasteiger partial charge in [0.25, 0.3) is 5.89 Å². The molecule has 0 spiro atoms. The third-order valence-electron chi connectivity index (χ3n) is 4.45. The van der Waals surface area contributed by atoms with E-state index in [4.69, 9.17) is 13.9 Å². The Kier molecular flexibility index (Phi) is 4.79. The molecule has 0 radical (unpaired) electrons. The normalized spacial score (nSPS) is 14.2. The Balaban J connectivity index is 1.39. The van der Waals surface area contributed by atoms with Gasteiger partial charge in [0.05, 0.1) is 13.3 Å². The summed E-state index contributed by atoms with van der Waals surface area (Å²) in [6, 6.07) is 8.60. The number of nitrogens with zero attached hydrogens (tertiary/aromatic N) is 4. The Bertz CT molecular complexity index is 996. The molecule has 9 heteroatoms. The molecule has 0 bridgehead atoms. The first-order valence-corrected chi connectivity index (χ1v) is 8.75. The minimum absolute atomic E-state index is 0.00545. The molecule has 1 aliphatic heterocycles. The molecule has 2 amide bonds. The highest BCUT2D eigenvalue weighted by Crippen LogP contribution is 2.26. The average molecular weight is 382 g/mol. The minimum Gasteiger partial charge on any atom is -0.494 e. The standard InChI is InChI=1S/C19H18N4O5/c1-26-14-5-2-6-15-16(14)21-17(28-15)18(24)22-8-10-23(11-9-22)19(25)27-13-4-3-7-20-12-13/h2-7,12H,8-11H2,1H3. The highest BCUT2D eigenvalue weighted by atomic mass is 16.6. The van der Waals surface area contributed by atoms with Gasteiger partial charge in [-0.25, -0.2) is 9.78 Å². The van der Waals surface area contributed by atoms with Crippen LogP contribution in [0.25, 0.3) is 11.1 Å². The summed E-state index contributed by atoms with van der Waals surface area (Å²) in [5, 5.41) is 0. The molecule has 0 saturated carbocycles. The van der Waals surface area contributed by atoms with Crippen molar-refractivity contribution in [2.45, 2.75) is 0 Å². The molecule has 144 valence electrons. The molecule has 0 N–H and O–H groups in total. The second-order valence-electron chi connectivity index (χ2n) is 6.16. The Labute approximate surface area is 160 Å². The number of pyridine rings is 1. The molecule has 3 heterocycles. The summed E-state index contributed by atoms with van der Waals surface area (Å²) in [6.45, 7) is 1.43. The first kappa shape index (κ1) is 17.8. The van der Waals surface area contributed by atoms with Gasteiger partial charge in [-0.2, -0.15) is 0 Å². The number of hydrogen-bond donors (Lipinski definition) is 0. The minimum atomic E-state index is -0.466. The summed E-state index contributed by atoms with van der Waals surface area (Å²) in [5.41, 5.74) is 0.994. The molecular weight excluding hydrogens is 364 g/mol. The van der Waals surface area contributed by atoms with Crippen LogP contribution in [0.15, 0.2) is 47.1 Å². The molecule has 1 fully saturated rings. The van der Waals surface area contributed by atoms with E-state index in [1.54, 1.807) is 46.3 Å². The van der Waals surface area contributed by atoms with Crippen LogP contribution in [-0.4, -0.2) is 65.1 Å². The number of oxazole rings is 1. The van der Waals surface area contributed by atoms with Crippen LogP contribution in [0.2, 0.25) is 0 Å². The highest BCUT2D eigenvalue weighted by molar-refractivity contribution is 5.93. The van der Waals surface area contributed by atoms with Crippen LogP contribution in [-0.2, 0) is 0 Å². The number of piperazine rings is 1. The lowest BCUT2D eigenvalue weighted by Crippen LogP contribution is -2.51. The summed E-state index contributed by atoms with van der Waals surface area (Å²) in [5.74, 6) is 0.610. The molecule has 4 rings (SSSR count). The van der Waals surface area contributed by atoms with Crippen LogP contribution in [0, 0.1) is 0 Å². The van der Waals surface area contributed by atoms with Gasteiger partial charge in [0, 0.05) is 32.4 Å². The van der Waals surface area contributed by atoms with Gasteiger partial charge in [0.15, 0.2) is 16.8 Å². The van der Waals surface area contributed by atoms with E-state index in [-0.39, 0.29) is 11.8 Å². The fourth-order valence-electron chi connectivity index (χ4n) is 2.98. The van der Waals surface area contributed by atoms with Crippen molar-refractivity contribution in [3.63, 3.8) is 0 Å². The lowest BCUT2D eigenvalue weighted by atomic mass is 10.3. The van der Waals surface area contributed by atoms with E-state index in [9.17, 15) is 9.59 Å². The van der Waals surface area contributed by atoms with Gasteiger partial charge in [-0.15, -0.1) is 0 Å². The van der Waals surface area contributed by atoms with Gasteiger partial charge >= 0.3 is 12.0 Å². The Morgan fingerprint density at radius 2 is 1.86 bits per heavy atom. The van der Waals surface area contributed by atoms with E-state index in [2.05, 4.69) is 9.97 Å². The fourth-order valence-corrected chi connectivity index (χ4v) is 2.98. The maximum absolute atomic E-state index is 12.7. The van der Waals surface area contributed by atoms with Crippen molar-refractivity contribution < 1.29 is 23.5 Å². The van der Waals surface area contributed by atoms with Crippen LogP contribution < -0.4 is 9.47 Å². The molecule has 28 heavy (non-hydrogen) atoms. The molecule has 2 aromatic heterocycles. The van der Waals surface area contributed by atoms with Crippen molar-refractivity contribution in [2.75, 3.05) is 33.3 Å². The highest BCUT2D eigenvalue weighted by Gasteiger charge is 2.28. The average Bonchev–Trinajstić information content (AvgIpc) is 3.18. The Morgan fingerprint density at radius 1 is 1.07 bits per heavy atom. The Hall–Kier alpha value is -3.62. The van der Waals surface area contributed by atoms with Crippen molar-refractivity contribution in [1.82, 2.24) is 19.8 Å². The predicted molar refractivity (Wildman–Crippen MR) is 98.3 cm³/mol. The largest absolute Gasteiger partial charge is 0.494 e. The van der Waals surface area contributed by atoms with E-state index < -0.39 is 6.09 Å². The maximum atomic E-state index is 12.7. The van der Waals surface area contributed by atoms with Crippen LogP contribution in [0.3, 0.4) is 0 Å². The molecule has 0 unspecified atom stereocenters. The zero-order valence-electron chi connectivity index (χ0n) is 15.2. The molecule has 9 nitrogen and oxygen atoms in total. The molecule has 1 aromatic carbocycles. The van der Waals surface area contributed by atoms with Gasteiger partial charge in [-0.3, -0.25) is 9.78 Å². The summed E-state index contributed by atoms with van der Waals surface area (Å²) in [4.78, 5) is 36.3. The van der Waals surface area contributed by atoms with Crippen molar-refractivity contribution in [3.05, 3.63) is 48.6 Å². The van der Waals surface area contributed by atoms with Crippen molar-refractivity contribution in [3.8, 4) is 11.5 Å². The summed E-state index contributed by atoms with van der Waals surface area (Å²) < 4.78 is 16.1. The third kappa shape index (κ3) is 3.46. The number of para-hydroxylation sites is 1. The molecule has 3 aromatic rings. The van der Waals surface area contributed by atoms with E-state index in [0.717, 1.165) is 0 Å². The van der Waals surface area contributed by atoms with Crippen molar-refractivity contribution >= 4 is 23.1 Å². The van der Waals surface area contributed by atoms with Gasteiger partial charge in [0.2, 0.25) is 0 Å². The lowest BCUT2D eigenvalue weighted by Gasteiger charge is -2.33. The van der Waals surface area contributed by atoms with Gasteiger partial charge in [-0.1, -0.05) is 6.07 Å². The third-order valence-corrected chi connectivity index (χ3v) is 4.45. The fraction of sp³-hybridized carbons (Fsp3) is 0.263. The number of carbonyl (C=O) groups is 2. The van der Waals surface area contributed by atoms with Crippen molar-refractivity contribution in [1.29, 1.82) is 0 Å². The number of hydrogen-bond acceptors (Lipinski definition) is 7. The number of aromatic nitrogens is 2. The zero-order valence-corrected chi connectivity index (χ0v) is 15.2. The number of ether oxygens (including phenoxy) is 2. The SMILES string of the molecule is COc1cccc2oc(C(=O)N3CCN(C(=O)Oc4cccnc4)CC3)nc12. The van der Waals surface area contributed by atoms with Crippen LogP contribution >= 0.6 is 0 Å². The molecule has 1 aliphatic rings. The van der Waals surface area contributed by atoms with E-state index in [1.165, 1.54) is 13.3 Å². The number of amides is 2. The summed E-state index contributed by atoms with van der Waals surface area (Å²) >= 11 is 0. The number of rotatable bonds is 3. The van der Waals surface area contributed by atoms with E-state index >= 15 is 0 Å². The maximum Gasteiger partial charge on any atom is 0.415 e. The molecule has 0 aliphatic carbocycles. The van der Waals surface area contributed by atoms with Gasteiger partial charge in [0.1, 0.15) is 5.75 Å². The molecule has 1 saturated heterocycles. The molecular formula is C19H18N4O5. The second-order valence-corrected chi connectivity index (χ2v) is 6.16. The van der Waals surface area contributed by atoms with Crippen LogP contribution in [0.4, 0.5) is 4.79 Å². The molecule has 0 atom stereocenters. The second kappa shape index (κ2) is 7.55. The summed E-state index contributed by atoms with van der Waals surface area (Å²) in [6.07, 6.45) is 2.61. The van der Waals surface area contributed by atoms with Gasteiger partial charge < -0.3 is 23.7 Å². The van der Waals surface area contributed by atoms with E-state index in [1.807, 2.05) is 0 Å². The zero-order chi connectivity index (χ0) is 19.5. The first-order valence-electron chi connectivity index (χ1n) is 8.75. The topological polar surface area (TPSA) is 98.0 Å². The van der Waals surface area contributed by atoms with Gasteiger partial charge in [-0.05, 0) is 24.3 Å². The summed E-state index contributed by atoms with van der Waals surface area (Å²) in [7, 11) is 1.54. The lowest BCUT2D eigenvalue weighted by molar-refractivity contribution is 0.0599. The number of fused-ring (bicyclic) bond motifs is 1. The Morgan fingerprint density at radius 3 is 2.57 bits per heavy atom. The quantitative estimate of drug-likeness (QED) is 0.685. The number of carbonyl (C=O) groups excluding carboxylic acids is 2. The van der Waals surface area contributed by atoms with E-state index in [0.29, 0.717) is 48.8 Å². The van der Waals surface area contributed by atoms with Crippen LogP contribution in [0.5, 0.6) is 11.5 Å². The van der Waals surface area contributed by atoms with Crippen molar-refractivity contribution in [2.24, 2.45) is 0 Å². The van der Waals surface area contributed by atoms with Crippen LogP contribution in [0.1, 0.15) is 10.7 Å². The number of benzene rings is 1. The smallest absolute Gasteiger partial charge is 0.415 e. The first-order chi connectivity index (χ1) is 13.7.